The van der Waals surface area contributed by atoms with E-state index in [2.05, 4.69) is 40.4 Å². The third kappa shape index (κ3) is 13.9. The molecule has 0 atom stereocenters. The van der Waals surface area contributed by atoms with Crippen molar-refractivity contribution in [3.8, 4) is 0 Å². The molecule has 0 aromatic carbocycles. The molecule has 0 spiro atoms. The average Bonchev–Trinajstić information content (AvgIpc) is 2.60. The first-order valence-corrected chi connectivity index (χ1v) is 17.4. The van der Waals surface area contributed by atoms with Crippen LogP contribution in [0.2, 0.25) is 19.6 Å². The predicted molar refractivity (Wildman–Crippen MR) is 121 cm³/mol. The second-order valence-corrected chi connectivity index (χ2v) is 18.0. The van der Waals surface area contributed by atoms with Crippen molar-refractivity contribution in [1.29, 1.82) is 0 Å². The Labute approximate surface area is 195 Å². The SMILES string of the molecule is CCCCCCCC[N+](CC)(CC)C[Si](C)(C)C.O=S(=O)([N-]S(=O)(=O)C(F)(F)F)C(F)(F)F. The molecule has 15 heteroatoms. The average molecular weight is 553 g/mol. The number of sulfonamides is 2. The fourth-order valence-electron chi connectivity index (χ4n) is 3.29. The number of nitrogens with zero attached hydrogens (tertiary/aromatic N) is 2. The lowest BCUT2D eigenvalue weighted by molar-refractivity contribution is -0.916. The molecule has 6 nitrogen and oxygen atoms in total. The largest absolute Gasteiger partial charge is 0.480 e. The molecule has 202 valence electrons. The van der Waals surface area contributed by atoms with Crippen molar-refractivity contribution in [2.45, 2.75) is 90.0 Å². The van der Waals surface area contributed by atoms with Crippen LogP contribution in [-0.4, -0.2) is 66.2 Å². The lowest BCUT2D eigenvalue weighted by Gasteiger charge is -2.41. The molecule has 0 fully saturated rings. The maximum atomic E-state index is 11.4. The van der Waals surface area contributed by atoms with Gasteiger partial charge in [0.25, 0.3) is 0 Å². The highest BCUT2D eigenvalue weighted by Crippen LogP contribution is 2.36. The van der Waals surface area contributed by atoms with Crippen LogP contribution in [0.4, 0.5) is 26.3 Å². The maximum absolute atomic E-state index is 11.4. The van der Waals surface area contributed by atoms with Gasteiger partial charge in [0.1, 0.15) is 8.07 Å². The maximum Gasteiger partial charge on any atom is 0.480 e. The summed E-state index contributed by atoms with van der Waals surface area (Å²) < 4.78 is 111. The third-order valence-corrected chi connectivity index (χ3v) is 9.28. The van der Waals surface area contributed by atoms with E-state index in [0.29, 0.717) is 0 Å². The molecular weight excluding hydrogens is 514 g/mol. The number of quaternary nitrogens is 1. The van der Waals surface area contributed by atoms with Crippen LogP contribution in [-0.2, 0) is 20.0 Å². The van der Waals surface area contributed by atoms with Crippen molar-refractivity contribution in [1.82, 2.24) is 0 Å². The zero-order valence-electron chi connectivity index (χ0n) is 20.2. The van der Waals surface area contributed by atoms with Gasteiger partial charge in [-0.15, -0.1) is 0 Å². The smallest absolute Gasteiger partial charge is 0.421 e. The lowest BCUT2D eigenvalue weighted by Crippen LogP contribution is -2.56. The lowest BCUT2D eigenvalue weighted by atomic mass is 10.1. The summed E-state index contributed by atoms with van der Waals surface area (Å²) in [5.74, 6) is 0. The molecule has 0 bridgehead atoms. The van der Waals surface area contributed by atoms with Gasteiger partial charge in [-0.2, -0.15) is 26.3 Å². The van der Waals surface area contributed by atoms with Crippen LogP contribution in [0.5, 0.6) is 0 Å². The number of rotatable bonds is 13. The summed E-state index contributed by atoms with van der Waals surface area (Å²) in [6.45, 7) is 18.7. The molecule has 0 aliphatic carbocycles. The van der Waals surface area contributed by atoms with Crippen molar-refractivity contribution in [3.63, 3.8) is 0 Å². The van der Waals surface area contributed by atoms with Crippen LogP contribution in [0.3, 0.4) is 0 Å². The molecule has 0 amide bonds. The van der Waals surface area contributed by atoms with E-state index < -0.39 is 39.1 Å². The number of halogens is 6. The minimum atomic E-state index is -6.72. The van der Waals surface area contributed by atoms with E-state index in [1.54, 1.807) is 0 Å². The Morgan fingerprint density at radius 3 is 1.36 bits per heavy atom. The van der Waals surface area contributed by atoms with E-state index in [1.807, 2.05) is 0 Å². The van der Waals surface area contributed by atoms with E-state index in [9.17, 15) is 43.2 Å². The molecule has 0 N–H and O–H groups in total. The van der Waals surface area contributed by atoms with Crippen LogP contribution in [0.15, 0.2) is 0 Å². The van der Waals surface area contributed by atoms with Crippen molar-refractivity contribution < 1.29 is 47.7 Å². The van der Waals surface area contributed by atoms with Gasteiger partial charge >= 0.3 is 11.0 Å². The van der Waals surface area contributed by atoms with Gasteiger partial charge in [0.15, 0.2) is 20.0 Å². The van der Waals surface area contributed by atoms with Gasteiger partial charge in [-0.25, -0.2) is 16.8 Å². The number of hydrogen-bond acceptors (Lipinski definition) is 4. The second kappa shape index (κ2) is 13.6. The van der Waals surface area contributed by atoms with E-state index in [4.69, 9.17) is 0 Å². The van der Waals surface area contributed by atoms with Crippen LogP contribution >= 0.6 is 0 Å². The Balaban J connectivity index is 0. The molecule has 0 aliphatic rings. The van der Waals surface area contributed by atoms with Crippen molar-refractivity contribution in [3.05, 3.63) is 4.13 Å². The quantitative estimate of drug-likeness (QED) is 0.119. The Morgan fingerprint density at radius 2 is 1.06 bits per heavy atom. The molecule has 0 saturated heterocycles. The Kier molecular flexibility index (Phi) is 14.4. The van der Waals surface area contributed by atoms with Crippen molar-refractivity contribution >= 4 is 28.1 Å². The highest BCUT2D eigenvalue weighted by Gasteiger charge is 2.46. The molecule has 0 aromatic heterocycles. The van der Waals surface area contributed by atoms with Crippen LogP contribution in [0.1, 0.15) is 59.3 Å². The summed E-state index contributed by atoms with van der Waals surface area (Å²) >= 11 is 0. The highest BCUT2D eigenvalue weighted by molar-refractivity contribution is 8.13. The first-order chi connectivity index (χ1) is 14.6. The number of hydrogen-bond donors (Lipinski definition) is 0. The molecule has 0 heterocycles. The molecule has 0 saturated carbocycles. The van der Waals surface area contributed by atoms with Crippen LogP contribution in [0, 0.1) is 0 Å². The predicted octanol–water partition coefficient (Wildman–Crippen LogP) is 6.14. The minimum absolute atomic E-state index is 0.778. The summed E-state index contributed by atoms with van der Waals surface area (Å²) in [5, 5.41) is 0. The summed E-state index contributed by atoms with van der Waals surface area (Å²) in [6.07, 6.45) is 10.0. The molecule has 0 radical (unpaired) electrons. The standard InChI is InChI=1S/C16H38NSi.C2F6NO4S2/c1-7-10-11-12-13-14-15-17(8-2,9-3)16-18(4,5)6;3-1(4,5)14(10,11)9-15(12,13)2(6,7)8/h7-16H2,1-6H3;/q+1;-1. The Hall–Kier alpha value is -0.383. The highest BCUT2D eigenvalue weighted by atomic mass is 32.3. The van der Waals surface area contributed by atoms with Gasteiger partial charge in [0, 0.05) is 0 Å². The molecule has 33 heavy (non-hydrogen) atoms. The Morgan fingerprint density at radius 1 is 0.697 bits per heavy atom. The fraction of sp³-hybridized carbons (Fsp3) is 1.00. The summed E-state index contributed by atoms with van der Waals surface area (Å²) in [4.78, 5) is 0. The van der Waals surface area contributed by atoms with E-state index in [1.165, 1.54) is 68.8 Å². The summed E-state index contributed by atoms with van der Waals surface area (Å²) in [6, 6.07) is 0. The van der Waals surface area contributed by atoms with Gasteiger partial charge in [-0.1, -0.05) is 52.2 Å². The summed E-state index contributed by atoms with van der Waals surface area (Å²) in [7, 11) is -14.4. The Bertz CT molecular complexity index is 718. The molecule has 0 unspecified atom stereocenters. The molecular formula is C18H38F6N2O4S2Si. The molecule has 0 aliphatic heterocycles. The van der Waals surface area contributed by atoms with Gasteiger partial charge in [0.2, 0.25) is 0 Å². The fourth-order valence-corrected chi connectivity index (χ4v) is 7.62. The van der Waals surface area contributed by atoms with Crippen LogP contribution in [0.25, 0.3) is 4.13 Å². The van der Waals surface area contributed by atoms with E-state index >= 15 is 0 Å². The minimum Gasteiger partial charge on any atom is -0.421 e. The normalized spacial score (nSPS) is 14.1. The zero-order valence-corrected chi connectivity index (χ0v) is 22.8. The van der Waals surface area contributed by atoms with Gasteiger partial charge < -0.3 is 8.61 Å². The monoisotopic (exact) mass is 552 g/mol. The first kappa shape index (κ1) is 34.8. The van der Waals surface area contributed by atoms with Gasteiger partial charge in [0.05, 0.1) is 25.8 Å². The topological polar surface area (TPSA) is 82.4 Å². The number of unbranched alkanes of at least 4 members (excludes halogenated alkanes) is 5. The summed E-state index contributed by atoms with van der Waals surface area (Å²) in [5.41, 5.74) is -12.4. The van der Waals surface area contributed by atoms with E-state index in [-0.39, 0.29) is 0 Å². The molecule has 0 rings (SSSR count). The molecule has 0 aromatic rings. The third-order valence-electron chi connectivity index (χ3n) is 4.92. The van der Waals surface area contributed by atoms with E-state index in [0.717, 1.165) is 4.13 Å². The number of alkyl halides is 6. The first-order valence-electron chi connectivity index (χ1n) is 10.8. The van der Waals surface area contributed by atoms with Crippen molar-refractivity contribution in [2.75, 3.05) is 25.8 Å². The van der Waals surface area contributed by atoms with Gasteiger partial charge in [-0.3, -0.25) is 0 Å². The van der Waals surface area contributed by atoms with Crippen LogP contribution < -0.4 is 0 Å². The van der Waals surface area contributed by atoms with Crippen molar-refractivity contribution in [2.24, 2.45) is 0 Å². The second-order valence-electron chi connectivity index (χ2n) is 9.10. The van der Waals surface area contributed by atoms with Gasteiger partial charge in [-0.05, 0) is 26.7 Å². The zero-order chi connectivity index (χ0) is 26.8.